The first kappa shape index (κ1) is 15.9. The molecule has 0 N–H and O–H groups in total. The lowest BCUT2D eigenvalue weighted by Gasteiger charge is -2.40. The van der Waals surface area contributed by atoms with Crippen LogP contribution >= 0.6 is 0 Å². The van der Waals surface area contributed by atoms with Crippen molar-refractivity contribution in [2.24, 2.45) is 16.7 Å². The smallest absolute Gasteiger partial charge is 0.173 e. The molecule has 0 radical (unpaired) electrons. The Balaban J connectivity index is 2.35. The van der Waals surface area contributed by atoms with Gasteiger partial charge in [0.15, 0.2) is 5.78 Å². The number of hydrogen-bond donors (Lipinski definition) is 0. The highest BCUT2D eigenvalue weighted by Gasteiger charge is 2.42. The monoisotopic (exact) mass is 307 g/mol. The van der Waals surface area contributed by atoms with Crippen molar-refractivity contribution in [1.82, 2.24) is 4.98 Å². The molecule has 1 aromatic carbocycles. The lowest BCUT2D eigenvalue weighted by molar-refractivity contribution is 0.0835. The van der Waals surface area contributed by atoms with Gasteiger partial charge in [0.25, 0.3) is 0 Å². The summed E-state index contributed by atoms with van der Waals surface area (Å²) in [4.78, 5) is 18.0. The summed E-state index contributed by atoms with van der Waals surface area (Å²) in [6.45, 7) is 13.0. The molecule has 1 aliphatic carbocycles. The highest BCUT2D eigenvalue weighted by atomic mass is 16.1. The Morgan fingerprint density at radius 3 is 2.26 bits per heavy atom. The molecule has 2 nitrogen and oxygen atoms in total. The van der Waals surface area contributed by atoms with Gasteiger partial charge in [0, 0.05) is 17.5 Å². The molecule has 2 aromatic rings. The Kier molecular flexibility index (Phi) is 3.47. The van der Waals surface area contributed by atoms with Crippen LogP contribution in [0.3, 0.4) is 0 Å². The van der Waals surface area contributed by atoms with E-state index in [0.29, 0.717) is 0 Å². The van der Waals surface area contributed by atoms with E-state index in [2.05, 4.69) is 52.6 Å². The SMILES string of the molecule is CC(C)(C)C1=Cc2ncc3ccccc3c2C(=O)C1C(C)(C)C. The van der Waals surface area contributed by atoms with Gasteiger partial charge >= 0.3 is 0 Å². The normalized spacial score (nSPS) is 18.8. The fourth-order valence-electron chi connectivity index (χ4n) is 3.57. The van der Waals surface area contributed by atoms with Crippen molar-refractivity contribution in [3.8, 4) is 0 Å². The van der Waals surface area contributed by atoms with E-state index in [1.54, 1.807) is 0 Å². The quantitative estimate of drug-likeness (QED) is 0.641. The van der Waals surface area contributed by atoms with E-state index in [1.807, 2.05) is 30.5 Å². The van der Waals surface area contributed by atoms with Crippen LogP contribution < -0.4 is 0 Å². The minimum Gasteiger partial charge on any atom is -0.293 e. The van der Waals surface area contributed by atoms with Gasteiger partial charge in [-0.05, 0) is 22.3 Å². The van der Waals surface area contributed by atoms with Crippen LogP contribution in [-0.2, 0) is 0 Å². The van der Waals surface area contributed by atoms with Gasteiger partial charge in [0.05, 0.1) is 11.3 Å². The molecule has 23 heavy (non-hydrogen) atoms. The second kappa shape index (κ2) is 5.02. The standard InChI is InChI=1S/C21H25NO/c1-20(2,3)15-11-16-17(19(23)18(15)21(4,5)6)14-10-8-7-9-13(14)12-22-16/h7-12,18H,1-6H3. The van der Waals surface area contributed by atoms with Crippen molar-refractivity contribution < 1.29 is 4.79 Å². The van der Waals surface area contributed by atoms with Gasteiger partial charge in [-0.1, -0.05) is 71.4 Å². The molecular formula is C21H25NO. The van der Waals surface area contributed by atoms with Gasteiger partial charge in [0.2, 0.25) is 0 Å². The van der Waals surface area contributed by atoms with E-state index >= 15 is 0 Å². The molecule has 0 saturated carbocycles. The van der Waals surface area contributed by atoms with E-state index < -0.39 is 0 Å². The molecule has 2 heteroatoms. The molecule has 0 bridgehead atoms. The summed E-state index contributed by atoms with van der Waals surface area (Å²) in [5.41, 5.74) is 2.61. The summed E-state index contributed by atoms with van der Waals surface area (Å²) >= 11 is 0. The third-order valence-corrected chi connectivity index (χ3v) is 4.67. The van der Waals surface area contributed by atoms with Gasteiger partial charge in [-0.25, -0.2) is 0 Å². The van der Waals surface area contributed by atoms with Crippen molar-refractivity contribution in [1.29, 1.82) is 0 Å². The van der Waals surface area contributed by atoms with E-state index in [9.17, 15) is 4.79 Å². The molecule has 3 rings (SSSR count). The molecular weight excluding hydrogens is 282 g/mol. The fourth-order valence-corrected chi connectivity index (χ4v) is 3.57. The number of benzene rings is 1. The molecule has 0 amide bonds. The molecule has 0 aliphatic heterocycles. The molecule has 0 spiro atoms. The Morgan fingerprint density at radius 2 is 1.65 bits per heavy atom. The molecule has 120 valence electrons. The third-order valence-electron chi connectivity index (χ3n) is 4.67. The van der Waals surface area contributed by atoms with Crippen LogP contribution in [0.25, 0.3) is 16.8 Å². The van der Waals surface area contributed by atoms with Crippen molar-refractivity contribution in [3.63, 3.8) is 0 Å². The predicted molar refractivity (Wildman–Crippen MR) is 96.5 cm³/mol. The fraction of sp³-hybridized carbons (Fsp3) is 0.429. The minimum absolute atomic E-state index is 0.0569. The first-order valence-electron chi connectivity index (χ1n) is 8.25. The van der Waals surface area contributed by atoms with Crippen LogP contribution in [0.5, 0.6) is 0 Å². The molecule has 0 saturated heterocycles. The number of ketones is 1. The number of carbonyl (C=O) groups is 1. The van der Waals surface area contributed by atoms with Gasteiger partial charge in [-0.2, -0.15) is 0 Å². The van der Waals surface area contributed by atoms with Crippen LogP contribution in [0.1, 0.15) is 57.6 Å². The van der Waals surface area contributed by atoms with Gasteiger partial charge in [-0.15, -0.1) is 0 Å². The summed E-state index contributed by atoms with van der Waals surface area (Å²) < 4.78 is 0. The molecule has 1 heterocycles. The Hall–Kier alpha value is -1.96. The average molecular weight is 307 g/mol. The summed E-state index contributed by atoms with van der Waals surface area (Å²) in [6.07, 6.45) is 4.02. The van der Waals surface area contributed by atoms with Crippen molar-refractivity contribution >= 4 is 22.6 Å². The Morgan fingerprint density at radius 1 is 1.00 bits per heavy atom. The number of nitrogens with zero attached hydrogens (tertiary/aromatic N) is 1. The number of fused-ring (bicyclic) bond motifs is 3. The van der Waals surface area contributed by atoms with E-state index in [-0.39, 0.29) is 22.5 Å². The molecule has 1 aromatic heterocycles. The number of hydrogen-bond acceptors (Lipinski definition) is 2. The summed E-state index contributed by atoms with van der Waals surface area (Å²) in [5, 5.41) is 2.04. The maximum atomic E-state index is 13.5. The first-order chi connectivity index (χ1) is 10.6. The van der Waals surface area contributed by atoms with Crippen molar-refractivity contribution in [2.75, 3.05) is 0 Å². The highest BCUT2D eigenvalue weighted by Crippen LogP contribution is 2.47. The van der Waals surface area contributed by atoms with E-state index in [0.717, 1.165) is 22.0 Å². The van der Waals surface area contributed by atoms with Crippen molar-refractivity contribution in [2.45, 2.75) is 41.5 Å². The third kappa shape index (κ3) is 2.60. The zero-order chi connectivity index (χ0) is 17.0. The van der Waals surface area contributed by atoms with Crippen LogP contribution in [-0.4, -0.2) is 10.8 Å². The maximum Gasteiger partial charge on any atom is 0.173 e. The number of Topliss-reactive ketones (excluding diaryl/α,β-unsaturated/α-hetero) is 1. The Labute approximate surface area is 138 Å². The zero-order valence-electron chi connectivity index (χ0n) is 14.9. The molecule has 1 atom stereocenters. The number of pyridine rings is 1. The zero-order valence-corrected chi connectivity index (χ0v) is 14.9. The minimum atomic E-state index is -0.120. The number of carbonyl (C=O) groups excluding carboxylic acids is 1. The highest BCUT2D eigenvalue weighted by molar-refractivity contribution is 6.14. The predicted octanol–water partition coefficient (Wildman–Crippen LogP) is 5.52. The Bertz CT molecular complexity index is 816. The van der Waals surface area contributed by atoms with E-state index in [4.69, 9.17) is 0 Å². The summed E-state index contributed by atoms with van der Waals surface area (Å²) in [6, 6.07) is 8.03. The van der Waals surface area contributed by atoms with Crippen LogP contribution in [0.15, 0.2) is 36.0 Å². The van der Waals surface area contributed by atoms with E-state index in [1.165, 1.54) is 5.57 Å². The largest absolute Gasteiger partial charge is 0.293 e. The van der Waals surface area contributed by atoms with Crippen LogP contribution in [0.2, 0.25) is 0 Å². The van der Waals surface area contributed by atoms with Crippen molar-refractivity contribution in [3.05, 3.63) is 47.3 Å². The number of rotatable bonds is 0. The second-order valence-corrected chi connectivity index (χ2v) is 8.62. The first-order valence-corrected chi connectivity index (χ1v) is 8.25. The van der Waals surface area contributed by atoms with Gasteiger partial charge in [0.1, 0.15) is 0 Å². The average Bonchev–Trinajstić information content (AvgIpc) is 2.44. The van der Waals surface area contributed by atoms with Gasteiger partial charge in [-0.3, -0.25) is 9.78 Å². The lowest BCUT2D eigenvalue weighted by Crippen LogP contribution is -2.37. The number of allylic oxidation sites excluding steroid dienone is 1. The molecule has 1 aliphatic rings. The summed E-state index contributed by atoms with van der Waals surface area (Å²) in [5.74, 6) is 0.104. The maximum absolute atomic E-state index is 13.5. The van der Waals surface area contributed by atoms with Crippen LogP contribution in [0, 0.1) is 16.7 Å². The topological polar surface area (TPSA) is 30.0 Å². The second-order valence-electron chi connectivity index (χ2n) is 8.62. The lowest BCUT2D eigenvalue weighted by atomic mass is 9.63. The number of aromatic nitrogens is 1. The van der Waals surface area contributed by atoms with Crippen LogP contribution in [0.4, 0.5) is 0 Å². The molecule has 1 unspecified atom stereocenters. The van der Waals surface area contributed by atoms with Gasteiger partial charge < -0.3 is 0 Å². The summed E-state index contributed by atoms with van der Waals surface area (Å²) in [7, 11) is 0. The molecule has 0 fully saturated rings.